The number of hydrogen-bond donors (Lipinski definition) is 3. The maximum atomic E-state index is 12.9. The molecule has 5 N–H and O–H groups in total. The molecule has 0 radical (unpaired) electrons. The molecule has 1 aromatic heterocycles. The van der Waals surface area contributed by atoms with Crippen molar-refractivity contribution in [2.75, 3.05) is 10.5 Å². The molecule has 0 fully saturated rings. The number of benzene rings is 1. The second-order valence-corrected chi connectivity index (χ2v) is 5.57. The summed E-state index contributed by atoms with van der Waals surface area (Å²) in [7, 11) is -3.86. The highest BCUT2D eigenvalue weighted by molar-refractivity contribution is 7.90. The van der Waals surface area contributed by atoms with Crippen molar-refractivity contribution in [1.29, 1.82) is 0 Å². The Bertz CT molecular complexity index is 684. The van der Waals surface area contributed by atoms with Crippen LogP contribution in [-0.2, 0) is 10.2 Å². The molecule has 96 valence electrons. The summed E-state index contributed by atoms with van der Waals surface area (Å²) in [5.41, 5.74) is 6.85. The van der Waals surface area contributed by atoms with Gasteiger partial charge in [-0.3, -0.25) is 0 Å². The highest BCUT2D eigenvalue weighted by Crippen LogP contribution is 2.29. The molecule has 0 aliphatic rings. The Labute approximate surface area is 107 Å². The zero-order valence-corrected chi connectivity index (χ0v) is 10.6. The van der Waals surface area contributed by atoms with Crippen molar-refractivity contribution in [2.45, 2.75) is 0 Å². The number of anilines is 2. The number of thiazole rings is 1. The van der Waals surface area contributed by atoms with Crippen LogP contribution in [0.25, 0.3) is 11.3 Å². The summed E-state index contributed by atoms with van der Waals surface area (Å²) in [5.74, 6) is -0.450. The Kier molecular flexibility index (Phi) is 3.20. The lowest BCUT2D eigenvalue weighted by molar-refractivity contribution is 0.603. The number of nitrogens with one attached hydrogen (secondary N) is 1. The van der Waals surface area contributed by atoms with Gasteiger partial charge in [-0.25, -0.2) is 19.2 Å². The third-order valence-electron chi connectivity index (χ3n) is 2.02. The van der Waals surface area contributed by atoms with Gasteiger partial charge in [0.05, 0.1) is 5.69 Å². The smallest absolute Gasteiger partial charge is 0.298 e. The number of aromatic nitrogens is 1. The molecule has 0 bridgehead atoms. The second kappa shape index (κ2) is 4.52. The average molecular weight is 288 g/mol. The molecule has 0 spiro atoms. The van der Waals surface area contributed by atoms with Gasteiger partial charge in [0.1, 0.15) is 5.82 Å². The number of halogens is 1. The van der Waals surface area contributed by atoms with E-state index in [-0.39, 0.29) is 10.8 Å². The molecular formula is C9H9FN4O2S2. The van der Waals surface area contributed by atoms with Crippen LogP contribution in [-0.4, -0.2) is 13.4 Å². The minimum absolute atomic E-state index is 0.122. The maximum absolute atomic E-state index is 12.9. The van der Waals surface area contributed by atoms with Crippen LogP contribution in [0.15, 0.2) is 23.6 Å². The first-order chi connectivity index (χ1) is 8.35. The minimum atomic E-state index is -3.86. The predicted octanol–water partition coefficient (Wildman–Crippen LogP) is 1.15. The maximum Gasteiger partial charge on any atom is 0.298 e. The molecule has 1 aromatic carbocycles. The number of nitrogen functional groups attached to an aromatic ring is 1. The summed E-state index contributed by atoms with van der Waals surface area (Å²) in [6, 6.07) is 3.89. The Balaban J connectivity index is 2.35. The summed E-state index contributed by atoms with van der Waals surface area (Å²) in [6.45, 7) is 0. The predicted molar refractivity (Wildman–Crippen MR) is 68.7 cm³/mol. The SMILES string of the molecule is Nc1cc(F)ccc1-c1csc(NS(N)(=O)=O)n1. The first-order valence-electron chi connectivity index (χ1n) is 4.66. The minimum Gasteiger partial charge on any atom is -0.398 e. The van der Waals surface area contributed by atoms with E-state index in [1.807, 2.05) is 4.72 Å². The summed E-state index contributed by atoms with van der Waals surface area (Å²) in [4.78, 5) is 4.00. The van der Waals surface area contributed by atoms with Crippen LogP contribution in [0.5, 0.6) is 0 Å². The molecule has 0 amide bonds. The molecule has 2 rings (SSSR count). The molecular weight excluding hydrogens is 279 g/mol. The van der Waals surface area contributed by atoms with Gasteiger partial charge in [-0.15, -0.1) is 11.3 Å². The molecule has 18 heavy (non-hydrogen) atoms. The van der Waals surface area contributed by atoms with E-state index in [1.165, 1.54) is 18.2 Å². The standard InChI is InChI=1S/C9H9FN4O2S2/c10-5-1-2-6(7(11)3-5)8-4-17-9(13-8)14-18(12,15)16/h1-4H,11H2,(H,13,14)(H2,12,15,16). The van der Waals surface area contributed by atoms with Gasteiger partial charge in [0, 0.05) is 16.6 Å². The summed E-state index contributed by atoms with van der Waals surface area (Å²) >= 11 is 1.05. The molecule has 0 unspecified atom stereocenters. The number of rotatable bonds is 3. The Morgan fingerprint density at radius 3 is 2.72 bits per heavy atom. The molecule has 1 heterocycles. The molecule has 0 atom stereocenters. The van der Waals surface area contributed by atoms with E-state index >= 15 is 0 Å². The summed E-state index contributed by atoms with van der Waals surface area (Å²) < 4.78 is 36.6. The van der Waals surface area contributed by atoms with Crippen LogP contribution in [0.4, 0.5) is 15.2 Å². The number of nitrogens with two attached hydrogens (primary N) is 2. The molecule has 0 saturated heterocycles. The van der Waals surface area contributed by atoms with E-state index in [0.717, 1.165) is 11.3 Å². The summed E-state index contributed by atoms with van der Waals surface area (Å²) in [5, 5.41) is 6.53. The van der Waals surface area contributed by atoms with E-state index < -0.39 is 16.0 Å². The third kappa shape index (κ3) is 2.94. The van der Waals surface area contributed by atoms with Crippen LogP contribution in [0.1, 0.15) is 0 Å². The van der Waals surface area contributed by atoms with E-state index in [9.17, 15) is 12.8 Å². The van der Waals surface area contributed by atoms with Crippen LogP contribution in [0.2, 0.25) is 0 Å². The molecule has 6 nitrogen and oxygen atoms in total. The highest BCUT2D eigenvalue weighted by Gasteiger charge is 2.11. The van der Waals surface area contributed by atoms with Crippen LogP contribution >= 0.6 is 11.3 Å². The number of nitrogens with zero attached hydrogens (tertiary/aromatic N) is 1. The molecule has 2 aromatic rings. The van der Waals surface area contributed by atoms with Crippen molar-refractivity contribution >= 4 is 32.4 Å². The average Bonchev–Trinajstić information content (AvgIpc) is 2.63. The van der Waals surface area contributed by atoms with Crippen molar-refractivity contribution in [2.24, 2.45) is 5.14 Å². The van der Waals surface area contributed by atoms with Gasteiger partial charge in [-0.05, 0) is 18.2 Å². The lowest BCUT2D eigenvalue weighted by Crippen LogP contribution is -2.21. The van der Waals surface area contributed by atoms with Crippen molar-refractivity contribution < 1.29 is 12.8 Å². The number of hydrogen-bond acceptors (Lipinski definition) is 5. The van der Waals surface area contributed by atoms with E-state index in [0.29, 0.717) is 11.3 Å². The fraction of sp³-hybridized carbons (Fsp3) is 0. The zero-order chi connectivity index (χ0) is 13.3. The largest absolute Gasteiger partial charge is 0.398 e. The fourth-order valence-corrected chi connectivity index (χ4v) is 2.72. The lowest BCUT2D eigenvalue weighted by atomic mass is 10.1. The van der Waals surface area contributed by atoms with Gasteiger partial charge in [-0.1, -0.05) is 0 Å². The van der Waals surface area contributed by atoms with Crippen LogP contribution in [0.3, 0.4) is 0 Å². The van der Waals surface area contributed by atoms with Gasteiger partial charge >= 0.3 is 0 Å². The normalized spacial score (nSPS) is 11.4. The molecule has 0 aliphatic heterocycles. The Morgan fingerprint density at radius 1 is 1.39 bits per heavy atom. The van der Waals surface area contributed by atoms with Gasteiger partial charge in [0.2, 0.25) is 0 Å². The molecule has 9 heteroatoms. The first kappa shape index (κ1) is 12.7. The van der Waals surface area contributed by atoms with Crippen molar-refractivity contribution in [3.8, 4) is 11.3 Å². The Hall–Kier alpha value is -1.71. The summed E-state index contributed by atoms with van der Waals surface area (Å²) in [6.07, 6.45) is 0. The molecule has 0 saturated carbocycles. The first-order valence-corrected chi connectivity index (χ1v) is 7.09. The third-order valence-corrected chi connectivity index (χ3v) is 3.39. The topological polar surface area (TPSA) is 111 Å². The quantitative estimate of drug-likeness (QED) is 0.735. The lowest BCUT2D eigenvalue weighted by Gasteiger charge is -2.02. The van der Waals surface area contributed by atoms with Gasteiger partial charge < -0.3 is 5.73 Å². The highest BCUT2D eigenvalue weighted by atomic mass is 32.2. The van der Waals surface area contributed by atoms with Gasteiger partial charge in [0.25, 0.3) is 10.2 Å². The van der Waals surface area contributed by atoms with E-state index in [2.05, 4.69) is 4.98 Å². The van der Waals surface area contributed by atoms with Crippen LogP contribution in [0, 0.1) is 5.82 Å². The van der Waals surface area contributed by atoms with E-state index in [4.69, 9.17) is 10.9 Å². The van der Waals surface area contributed by atoms with Crippen molar-refractivity contribution in [1.82, 2.24) is 4.98 Å². The van der Waals surface area contributed by atoms with Gasteiger partial charge in [-0.2, -0.15) is 8.42 Å². The van der Waals surface area contributed by atoms with E-state index in [1.54, 1.807) is 5.38 Å². The fourth-order valence-electron chi connectivity index (χ4n) is 1.33. The Morgan fingerprint density at radius 2 is 2.11 bits per heavy atom. The van der Waals surface area contributed by atoms with Gasteiger partial charge in [0.15, 0.2) is 5.13 Å². The van der Waals surface area contributed by atoms with Crippen LogP contribution < -0.4 is 15.6 Å². The second-order valence-electron chi connectivity index (χ2n) is 3.42. The zero-order valence-electron chi connectivity index (χ0n) is 8.92. The molecule has 0 aliphatic carbocycles. The van der Waals surface area contributed by atoms with Crippen molar-refractivity contribution in [3.05, 3.63) is 29.4 Å². The monoisotopic (exact) mass is 288 g/mol. The van der Waals surface area contributed by atoms with Crippen molar-refractivity contribution in [3.63, 3.8) is 0 Å².